The minimum Gasteiger partial charge on any atom is -0.493 e. The monoisotopic (exact) mass is 264 g/mol. The van der Waals surface area contributed by atoms with Crippen molar-refractivity contribution in [3.05, 3.63) is 23.8 Å². The van der Waals surface area contributed by atoms with Crippen LogP contribution >= 0.6 is 0 Å². The lowest BCUT2D eigenvalue weighted by molar-refractivity contribution is -0.144. The zero-order valence-corrected chi connectivity index (χ0v) is 10.9. The van der Waals surface area contributed by atoms with Crippen LogP contribution in [0.4, 0.5) is 0 Å². The van der Waals surface area contributed by atoms with Crippen molar-refractivity contribution in [3.8, 4) is 11.5 Å². The van der Waals surface area contributed by atoms with Crippen LogP contribution in [0.25, 0.3) is 0 Å². The Morgan fingerprint density at radius 1 is 1.32 bits per heavy atom. The minimum absolute atomic E-state index is 0.0611. The fourth-order valence-corrected chi connectivity index (χ4v) is 1.79. The van der Waals surface area contributed by atoms with E-state index in [1.54, 1.807) is 18.2 Å². The molecule has 0 saturated heterocycles. The lowest BCUT2D eigenvalue weighted by atomic mass is 10.1. The van der Waals surface area contributed by atoms with Crippen molar-refractivity contribution in [2.24, 2.45) is 5.41 Å². The maximum atomic E-state index is 11.3. The first kappa shape index (κ1) is 13.4. The average Bonchev–Trinajstić information content (AvgIpc) is 3.17. The van der Waals surface area contributed by atoms with Gasteiger partial charge in [-0.25, -0.2) is 0 Å². The molecule has 5 nitrogen and oxygen atoms in total. The SMILES string of the molecule is COc1cc(C(C)=O)ccc1OCC1(C(=O)O)CC1. The Hall–Kier alpha value is -2.04. The third-order valence-corrected chi connectivity index (χ3v) is 3.38. The molecule has 1 aliphatic rings. The van der Waals surface area contributed by atoms with Gasteiger partial charge in [0.1, 0.15) is 12.0 Å². The Balaban J connectivity index is 2.12. The smallest absolute Gasteiger partial charge is 0.313 e. The maximum absolute atomic E-state index is 11.3. The van der Waals surface area contributed by atoms with Crippen LogP contribution in [0.2, 0.25) is 0 Å². The van der Waals surface area contributed by atoms with Crippen molar-refractivity contribution in [1.82, 2.24) is 0 Å². The number of carbonyl (C=O) groups excluding carboxylic acids is 1. The van der Waals surface area contributed by atoms with Crippen LogP contribution in [0.15, 0.2) is 18.2 Å². The molecule has 1 saturated carbocycles. The van der Waals surface area contributed by atoms with Gasteiger partial charge in [-0.3, -0.25) is 9.59 Å². The van der Waals surface area contributed by atoms with Crippen molar-refractivity contribution < 1.29 is 24.2 Å². The van der Waals surface area contributed by atoms with Gasteiger partial charge in [0.15, 0.2) is 17.3 Å². The molecule has 0 unspecified atom stereocenters. The van der Waals surface area contributed by atoms with Gasteiger partial charge in [0, 0.05) is 5.56 Å². The summed E-state index contributed by atoms with van der Waals surface area (Å²) in [6.45, 7) is 1.59. The molecule has 0 radical (unpaired) electrons. The predicted octanol–water partition coefficient (Wildman–Crippen LogP) is 2.14. The van der Waals surface area contributed by atoms with Gasteiger partial charge in [-0.15, -0.1) is 0 Å². The number of hydrogen-bond donors (Lipinski definition) is 1. The lowest BCUT2D eigenvalue weighted by Gasteiger charge is -2.14. The van der Waals surface area contributed by atoms with Gasteiger partial charge in [0.05, 0.1) is 7.11 Å². The van der Waals surface area contributed by atoms with E-state index in [1.807, 2.05) is 0 Å². The molecule has 0 amide bonds. The first-order valence-electron chi connectivity index (χ1n) is 6.04. The van der Waals surface area contributed by atoms with Gasteiger partial charge in [-0.2, -0.15) is 0 Å². The average molecular weight is 264 g/mol. The second-order valence-electron chi connectivity index (χ2n) is 4.80. The van der Waals surface area contributed by atoms with Crippen LogP contribution in [0.5, 0.6) is 11.5 Å². The molecule has 1 N–H and O–H groups in total. The highest BCUT2D eigenvalue weighted by Gasteiger charge is 2.51. The number of rotatable bonds is 6. The molecule has 0 aromatic heterocycles. The summed E-state index contributed by atoms with van der Waals surface area (Å²) < 4.78 is 10.7. The molecule has 0 aliphatic heterocycles. The van der Waals surface area contributed by atoms with Crippen molar-refractivity contribution in [2.45, 2.75) is 19.8 Å². The standard InChI is InChI=1S/C14H16O5/c1-9(15)10-3-4-11(12(7-10)18-2)19-8-14(5-6-14)13(16)17/h3-4,7H,5-6,8H2,1-2H3,(H,16,17). The van der Waals surface area contributed by atoms with Crippen molar-refractivity contribution in [3.63, 3.8) is 0 Å². The molecular formula is C14H16O5. The molecule has 0 bridgehead atoms. The second kappa shape index (κ2) is 4.91. The molecule has 0 atom stereocenters. The van der Waals surface area contributed by atoms with Crippen molar-refractivity contribution in [2.75, 3.05) is 13.7 Å². The molecule has 1 aromatic rings. The van der Waals surface area contributed by atoms with Gasteiger partial charge in [0.25, 0.3) is 0 Å². The topological polar surface area (TPSA) is 72.8 Å². The fourth-order valence-electron chi connectivity index (χ4n) is 1.79. The summed E-state index contributed by atoms with van der Waals surface area (Å²) in [4.78, 5) is 22.3. The van der Waals surface area contributed by atoms with E-state index in [1.165, 1.54) is 14.0 Å². The molecule has 102 valence electrons. The zero-order valence-electron chi connectivity index (χ0n) is 10.9. The first-order valence-corrected chi connectivity index (χ1v) is 6.04. The van der Waals surface area contributed by atoms with E-state index in [0.717, 1.165) is 0 Å². The van der Waals surface area contributed by atoms with E-state index < -0.39 is 11.4 Å². The lowest BCUT2D eigenvalue weighted by Crippen LogP contribution is -2.23. The number of hydrogen-bond acceptors (Lipinski definition) is 4. The van der Waals surface area contributed by atoms with Crippen LogP contribution in [-0.2, 0) is 4.79 Å². The van der Waals surface area contributed by atoms with Gasteiger partial charge in [0.2, 0.25) is 0 Å². The van der Waals surface area contributed by atoms with Gasteiger partial charge >= 0.3 is 5.97 Å². The summed E-state index contributed by atoms with van der Waals surface area (Å²) in [5.74, 6) is 0.00906. The summed E-state index contributed by atoms with van der Waals surface area (Å²) in [7, 11) is 1.48. The highest BCUT2D eigenvalue weighted by atomic mass is 16.5. The number of ketones is 1. The number of benzene rings is 1. The number of carboxylic acids is 1. The van der Waals surface area contributed by atoms with E-state index in [0.29, 0.717) is 29.9 Å². The van der Waals surface area contributed by atoms with Crippen molar-refractivity contribution >= 4 is 11.8 Å². The Bertz CT molecular complexity index is 517. The van der Waals surface area contributed by atoms with Gasteiger partial charge < -0.3 is 14.6 Å². The molecular weight excluding hydrogens is 248 g/mol. The van der Waals surface area contributed by atoms with Crippen LogP contribution in [0.1, 0.15) is 30.1 Å². The Morgan fingerprint density at radius 2 is 2.00 bits per heavy atom. The number of aliphatic carboxylic acids is 1. The molecule has 2 rings (SSSR count). The van der Waals surface area contributed by atoms with Crippen LogP contribution in [0, 0.1) is 5.41 Å². The number of carbonyl (C=O) groups is 2. The molecule has 1 aliphatic carbocycles. The fraction of sp³-hybridized carbons (Fsp3) is 0.429. The first-order chi connectivity index (χ1) is 8.98. The maximum Gasteiger partial charge on any atom is 0.313 e. The zero-order chi connectivity index (χ0) is 14.0. The largest absolute Gasteiger partial charge is 0.493 e. The summed E-state index contributed by atoms with van der Waals surface area (Å²) in [6, 6.07) is 4.87. The molecule has 1 aromatic carbocycles. The Kier molecular flexibility index (Phi) is 3.46. The van der Waals surface area contributed by atoms with E-state index in [2.05, 4.69) is 0 Å². The van der Waals surface area contributed by atoms with Gasteiger partial charge in [-0.1, -0.05) is 0 Å². The van der Waals surface area contributed by atoms with Gasteiger partial charge in [-0.05, 0) is 38.0 Å². The second-order valence-corrected chi connectivity index (χ2v) is 4.80. The number of methoxy groups -OCH3 is 1. The minimum atomic E-state index is -0.827. The molecule has 0 heterocycles. The predicted molar refractivity (Wildman–Crippen MR) is 67.8 cm³/mol. The van der Waals surface area contributed by atoms with Crippen LogP contribution in [-0.4, -0.2) is 30.6 Å². The highest BCUT2D eigenvalue weighted by molar-refractivity contribution is 5.94. The highest BCUT2D eigenvalue weighted by Crippen LogP contribution is 2.46. The third kappa shape index (κ3) is 2.70. The quantitative estimate of drug-likeness (QED) is 0.797. The summed E-state index contributed by atoms with van der Waals surface area (Å²) >= 11 is 0. The third-order valence-electron chi connectivity index (χ3n) is 3.38. The molecule has 5 heteroatoms. The molecule has 0 spiro atoms. The Morgan fingerprint density at radius 3 is 2.47 bits per heavy atom. The summed E-state index contributed by atoms with van der Waals surface area (Å²) in [5.41, 5.74) is -0.215. The number of carboxylic acid groups (broad SMARTS) is 1. The van der Waals surface area contributed by atoms with Crippen molar-refractivity contribution in [1.29, 1.82) is 0 Å². The van der Waals surface area contributed by atoms with E-state index in [9.17, 15) is 9.59 Å². The van der Waals surface area contributed by atoms with Crippen LogP contribution < -0.4 is 9.47 Å². The molecule has 19 heavy (non-hydrogen) atoms. The Labute approximate surface area is 111 Å². The number of ether oxygens (including phenoxy) is 2. The normalized spacial score (nSPS) is 15.7. The van der Waals surface area contributed by atoms with E-state index in [4.69, 9.17) is 14.6 Å². The summed E-state index contributed by atoms with van der Waals surface area (Å²) in [6.07, 6.45) is 1.27. The van der Waals surface area contributed by atoms with Crippen LogP contribution in [0.3, 0.4) is 0 Å². The van der Waals surface area contributed by atoms with E-state index >= 15 is 0 Å². The summed E-state index contributed by atoms with van der Waals surface area (Å²) in [5, 5.41) is 9.07. The number of Topliss-reactive ketones (excluding diaryl/α,β-unsaturated/α-hetero) is 1. The molecule has 1 fully saturated rings. The van der Waals surface area contributed by atoms with E-state index in [-0.39, 0.29) is 12.4 Å².